The van der Waals surface area contributed by atoms with Crippen molar-refractivity contribution in [2.45, 2.75) is 83.5 Å². The van der Waals surface area contributed by atoms with E-state index in [9.17, 15) is 9.90 Å². The van der Waals surface area contributed by atoms with Crippen LogP contribution in [-0.2, 0) is 4.79 Å². The second-order valence-corrected chi connectivity index (χ2v) is 8.15. The molecule has 2 fully saturated rings. The van der Waals surface area contributed by atoms with Crippen molar-refractivity contribution in [2.24, 2.45) is 5.41 Å². The third-order valence-electron chi connectivity index (χ3n) is 4.42. The third-order valence-corrected chi connectivity index (χ3v) is 4.42. The first-order valence-corrected chi connectivity index (χ1v) is 7.30. The number of nitrogens with one attached hydrogen (secondary N) is 2. The predicted molar refractivity (Wildman–Crippen MR) is 75.6 cm³/mol. The lowest BCUT2D eigenvalue weighted by atomic mass is 9.66. The highest BCUT2D eigenvalue weighted by atomic mass is 16.3. The van der Waals surface area contributed by atoms with Gasteiger partial charge in [0, 0.05) is 16.5 Å². The quantitative estimate of drug-likeness (QED) is 0.671. The molecule has 0 unspecified atom stereocenters. The monoisotopic (exact) mass is 268 g/mol. The molecule has 19 heavy (non-hydrogen) atoms. The fraction of sp³-hybridized carbons (Fsp3) is 0.933. The minimum atomic E-state index is -0.945. The highest BCUT2D eigenvalue weighted by Gasteiger charge is 2.50. The fourth-order valence-electron chi connectivity index (χ4n) is 4.18. The van der Waals surface area contributed by atoms with Crippen molar-refractivity contribution in [1.29, 1.82) is 0 Å². The summed E-state index contributed by atoms with van der Waals surface area (Å²) >= 11 is 0. The SMILES string of the molecule is CC1(C)CC(C)(C(=O)NC2(O)CCC2)CC(C)(C)N1. The van der Waals surface area contributed by atoms with E-state index in [1.807, 2.05) is 6.92 Å². The number of carbonyl (C=O) groups excluding carboxylic acids is 1. The van der Waals surface area contributed by atoms with E-state index in [4.69, 9.17) is 0 Å². The van der Waals surface area contributed by atoms with Crippen LogP contribution in [0.3, 0.4) is 0 Å². The van der Waals surface area contributed by atoms with Gasteiger partial charge in [-0.25, -0.2) is 0 Å². The van der Waals surface area contributed by atoms with Gasteiger partial charge in [-0.1, -0.05) is 6.92 Å². The first-order valence-electron chi connectivity index (χ1n) is 7.30. The number of carbonyl (C=O) groups is 1. The number of aliphatic hydroxyl groups is 1. The standard InChI is InChI=1S/C15H28N2O2/c1-12(2)9-14(5,10-13(3,4)17-12)11(18)16-15(19)7-6-8-15/h17,19H,6-10H2,1-5H3,(H,16,18). The molecular weight excluding hydrogens is 240 g/mol. The molecule has 2 rings (SSSR count). The van der Waals surface area contributed by atoms with Crippen LogP contribution in [0.25, 0.3) is 0 Å². The molecule has 1 aliphatic heterocycles. The summed E-state index contributed by atoms with van der Waals surface area (Å²) in [4.78, 5) is 12.6. The van der Waals surface area contributed by atoms with Crippen LogP contribution < -0.4 is 10.6 Å². The van der Waals surface area contributed by atoms with E-state index < -0.39 is 11.1 Å². The predicted octanol–water partition coefficient (Wildman–Crippen LogP) is 1.92. The summed E-state index contributed by atoms with van der Waals surface area (Å²) in [6, 6.07) is 0. The van der Waals surface area contributed by atoms with Crippen LogP contribution in [0.2, 0.25) is 0 Å². The molecule has 1 saturated carbocycles. The molecule has 0 aromatic rings. The normalized spacial score (nSPS) is 30.2. The molecule has 110 valence electrons. The van der Waals surface area contributed by atoms with Gasteiger partial charge < -0.3 is 15.7 Å². The lowest BCUT2D eigenvalue weighted by Crippen LogP contribution is -2.65. The van der Waals surface area contributed by atoms with Crippen LogP contribution in [0.4, 0.5) is 0 Å². The van der Waals surface area contributed by atoms with Crippen molar-refractivity contribution in [3.63, 3.8) is 0 Å². The number of rotatable bonds is 2. The Morgan fingerprint density at radius 3 is 1.89 bits per heavy atom. The maximum atomic E-state index is 12.6. The number of piperidine rings is 1. The average molecular weight is 268 g/mol. The van der Waals surface area contributed by atoms with Gasteiger partial charge in [0.15, 0.2) is 0 Å². The second kappa shape index (κ2) is 4.19. The van der Waals surface area contributed by atoms with E-state index in [1.54, 1.807) is 0 Å². The van der Waals surface area contributed by atoms with Gasteiger partial charge in [-0.15, -0.1) is 0 Å². The Kier molecular flexibility index (Phi) is 3.26. The van der Waals surface area contributed by atoms with Crippen molar-refractivity contribution in [1.82, 2.24) is 10.6 Å². The minimum Gasteiger partial charge on any atom is -0.371 e. The molecule has 0 radical (unpaired) electrons. The summed E-state index contributed by atoms with van der Waals surface area (Å²) in [5.74, 6) is -0.00245. The maximum Gasteiger partial charge on any atom is 0.228 e. The molecule has 1 aliphatic carbocycles. The molecule has 0 bridgehead atoms. The Hall–Kier alpha value is -0.610. The molecule has 1 heterocycles. The van der Waals surface area contributed by atoms with Gasteiger partial charge in [0.1, 0.15) is 5.72 Å². The van der Waals surface area contributed by atoms with Crippen LogP contribution in [0.15, 0.2) is 0 Å². The highest BCUT2D eigenvalue weighted by Crippen LogP contribution is 2.43. The Labute approximate surface area is 116 Å². The zero-order valence-corrected chi connectivity index (χ0v) is 12.9. The molecule has 4 heteroatoms. The Balaban J connectivity index is 2.14. The number of amides is 1. The summed E-state index contributed by atoms with van der Waals surface area (Å²) < 4.78 is 0. The lowest BCUT2D eigenvalue weighted by molar-refractivity contribution is -0.149. The fourth-order valence-corrected chi connectivity index (χ4v) is 4.18. The molecule has 0 atom stereocenters. The van der Waals surface area contributed by atoms with Crippen LogP contribution in [0, 0.1) is 5.41 Å². The van der Waals surface area contributed by atoms with Crippen molar-refractivity contribution in [3.05, 3.63) is 0 Å². The van der Waals surface area contributed by atoms with Crippen LogP contribution in [-0.4, -0.2) is 27.8 Å². The van der Waals surface area contributed by atoms with Crippen molar-refractivity contribution in [3.8, 4) is 0 Å². The minimum absolute atomic E-state index is 0.00245. The van der Waals surface area contributed by atoms with Gasteiger partial charge in [-0.05, 0) is 59.8 Å². The van der Waals surface area contributed by atoms with Gasteiger partial charge in [0.25, 0.3) is 0 Å². The Morgan fingerprint density at radius 2 is 1.53 bits per heavy atom. The number of hydrogen-bond donors (Lipinski definition) is 3. The maximum absolute atomic E-state index is 12.6. The second-order valence-electron chi connectivity index (χ2n) is 8.15. The molecule has 1 saturated heterocycles. The van der Waals surface area contributed by atoms with Gasteiger partial charge in [0.05, 0.1) is 0 Å². The molecule has 0 aromatic heterocycles. The molecule has 0 spiro atoms. The van der Waals surface area contributed by atoms with Crippen LogP contribution in [0.1, 0.15) is 66.7 Å². The summed E-state index contributed by atoms with van der Waals surface area (Å²) in [5, 5.41) is 16.6. The van der Waals surface area contributed by atoms with E-state index >= 15 is 0 Å². The van der Waals surface area contributed by atoms with E-state index in [0.717, 1.165) is 19.3 Å². The molecule has 3 N–H and O–H groups in total. The molecule has 4 nitrogen and oxygen atoms in total. The largest absolute Gasteiger partial charge is 0.371 e. The Bertz CT molecular complexity index is 368. The van der Waals surface area contributed by atoms with Crippen molar-refractivity contribution in [2.75, 3.05) is 0 Å². The first kappa shape index (κ1) is 14.8. The van der Waals surface area contributed by atoms with Gasteiger partial charge in [-0.2, -0.15) is 0 Å². The topological polar surface area (TPSA) is 61.4 Å². The summed E-state index contributed by atoms with van der Waals surface area (Å²) in [7, 11) is 0. The van der Waals surface area contributed by atoms with Crippen LogP contribution in [0.5, 0.6) is 0 Å². The summed E-state index contributed by atoms with van der Waals surface area (Å²) in [6.07, 6.45) is 3.92. The molecular formula is C15H28N2O2. The van der Waals surface area contributed by atoms with Crippen molar-refractivity contribution < 1.29 is 9.90 Å². The summed E-state index contributed by atoms with van der Waals surface area (Å²) in [5.41, 5.74) is -1.52. The van der Waals surface area contributed by atoms with E-state index in [-0.39, 0.29) is 17.0 Å². The van der Waals surface area contributed by atoms with Crippen LogP contribution >= 0.6 is 0 Å². The van der Waals surface area contributed by atoms with Gasteiger partial charge in [0.2, 0.25) is 5.91 Å². The summed E-state index contributed by atoms with van der Waals surface area (Å²) in [6.45, 7) is 10.6. The number of hydrogen-bond acceptors (Lipinski definition) is 3. The van der Waals surface area contributed by atoms with E-state index in [2.05, 4.69) is 38.3 Å². The highest BCUT2D eigenvalue weighted by molar-refractivity contribution is 5.83. The van der Waals surface area contributed by atoms with E-state index in [1.165, 1.54) is 0 Å². The van der Waals surface area contributed by atoms with E-state index in [0.29, 0.717) is 12.8 Å². The van der Waals surface area contributed by atoms with Crippen molar-refractivity contribution >= 4 is 5.91 Å². The first-order chi connectivity index (χ1) is 8.46. The molecule has 2 aliphatic rings. The zero-order valence-electron chi connectivity index (χ0n) is 12.9. The molecule has 0 aromatic carbocycles. The van der Waals surface area contributed by atoms with Gasteiger partial charge in [-0.3, -0.25) is 4.79 Å². The van der Waals surface area contributed by atoms with Gasteiger partial charge >= 0.3 is 0 Å². The lowest BCUT2D eigenvalue weighted by Gasteiger charge is -2.52. The third kappa shape index (κ3) is 3.11. The smallest absolute Gasteiger partial charge is 0.228 e. The zero-order chi connectivity index (χ0) is 14.5. The molecule has 1 amide bonds. The Morgan fingerprint density at radius 1 is 1.05 bits per heavy atom. The average Bonchev–Trinajstić information content (AvgIpc) is 2.08.